The lowest BCUT2D eigenvalue weighted by atomic mass is 10.2. The first-order valence-corrected chi connectivity index (χ1v) is 7.09. The van der Waals surface area contributed by atoms with Gasteiger partial charge in [-0.05, 0) is 24.3 Å². The van der Waals surface area contributed by atoms with E-state index in [2.05, 4.69) is 10.3 Å². The number of benzene rings is 2. The second-order valence-corrected chi connectivity index (χ2v) is 5.01. The van der Waals surface area contributed by atoms with Crippen LogP contribution < -0.4 is 5.32 Å². The van der Waals surface area contributed by atoms with E-state index >= 15 is 0 Å². The number of carbonyl (C=O) groups is 2. The quantitative estimate of drug-likeness (QED) is 0.754. The second-order valence-electron chi connectivity index (χ2n) is 5.01. The molecule has 0 aliphatic heterocycles. The maximum Gasteiger partial charge on any atom is 0.303 e. The third kappa shape index (κ3) is 3.55. The number of amides is 1. The molecule has 1 heterocycles. The molecule has 1 amide bonds. The number of aromatic nitrogens is 1. The van der Waals surface area contributed by atoms with E-state index in [-0.39, 0.29) is 18.7 Å². The van der Waals surface area contributed by atoms with Crippen LogP contribution in [0.5, 0.6) is 0 Å². The van der Waals surface area contributed by atoms with Crippen molar-refractivity contribution in [1.82, 2.24) is 4.98 Å². The summed E-state index contributed by atoms with van der Waals surface area (Å²) >= 11 is 0. The molecule has 2 N–H and O–H groups in total. The van der Waals surface area contributed by atoms with Crippen molar-refractivity contribution in [2.24, 2.45) is 0 Å². The lowest BCUT2D eigenvalue weighted by Gasteiger charge is -2.03. The number of carboxylic acids is 1. The molecule has 0 aliphatic carbocycles. The molecule has 6 heteroatoms. The van der Waals surface area contributed by atoms with E-state index in [1.165, 1.54) is 0 Å². The minimum absolute atomic E-state index is 0.0704. The molecule has 2 aromatic carbocycles. The molecule has 116 valence electrons. The number of anilines is 1. The largest absolute Gasteiger partial charge is 0.481 e. The summed E-state index contributed by atoms with van der Waals surface area (Å²) in [4.78, 5) is 26.5. The first kappa shape index (κ1) is 14.8. The van der Waals surface area contributed by atoms with Gasteiger partial charge in [-0.25, -0.2) is 4.98 Å². The van der Waals surface area contributed by atoms with Gasteiger partial charge in [0.2, 0.25) is 11.8 Å². The van der Waals surface area contributed by atoms with Gasteiger partial charge in [-0.15, -0.1) is 0 Å². The predicted molar refractivity (Wildman–Crippen MR) is 84.9 cm³/mol. The van der Waals surface area contributed by atoms with Crippen LogP contribution in [-0.4, -0.2) is 22.0 Å². The van der Waals surface area contributed by atoms with Gasteiger partial charge in [0.05, 0.1) is 6.42 Å². The van der Waals surface area contributed by atoms with Crippen LogP contribution in [0, 0.1) is 0 Å². The van der Waals surface area contributed by atoms with Crippen LogP contribution in [0.3, 0.4) is 0 Å². The number of hydrogen-bond donors (Lipinski definition) is 2. The Bertz CT molecular complexity index is 855. The highest BCUT2D eigenvalue weighted by molar-refractivity contribution is 5.94. The monoisotopic (exact) mass is 310 g/mol. The van der Waals surface area contributed by atoms with Crippen LogP contribution >= 0.6 is 0 Å². The summed E-state index contributed by atoms with van der Waals surface area (Å²) in [5.41, 5.74) is 2.66. The molecule has 0 aliphatic rings. The van der Waals surface area contributed by atoms with Crippen molar-refractivity contribution in [1.29, 1.82) is 0 Å². The topological polar surface area (TPSA) is 92.4 Å². The Balaban J connectivity index is 1.79. The fourth-order valence-electron chi connectivity index (χ4n) is 2.15. The number of hydrogen-bond acceptors (Lipinski definition) is 4. The molecular weight excluding hydrogens is 296 g/mol. The Labute approximate surface area is 131 Å². The third-order valence-electron chi connectivity index (χ3n) is 3.26. The first-order chi connectivity index (χ1) is 11.1. The Morgan fingerprint density at radius 3 is 2.61 bits per heavy atom. The first-order valence-electron chi connectivity index (χ1n) is 7.09. The molecule has 0 fully saturated rings. The Morgan fingerprint density at radius 2 is 1.87 bits per heavy atom. The van der Waals surface area contributed by atoms with Crippen molar-refractivity contribution in [3.63, 3.8) is 0 Å². The summed E-state index contributed by atoms with van der Waals surface area (Å²) in [5.74, 6) is -0.845. The number of carbonyl (C=O) groups excluding carboxylic acids is 1. The zero-order valence-electron chi connectivity index (χ0n) is 12.2. The van der Waals surface area contributed by atoms with E-state index in [1.807, 2.05) is 30.3 Å². The van der Waals surface area contributed by atoms with Gasteiger partial charge < -0.3 is 14.8 Å². The van der Waals surface area contributed by atoms with Gasteiger partial charge in [-0.2, -0.15) is 0 Å². The van der Waals surface area contributed by atoms with Crippen molar-refractivity contribution in [2.75, 3.05) is 5.32 Å². The summed E-state index contributed by atoms with van der Waals surface area (Å²) in [7, 11) is 0. The SMILES string of the molecule is O=C(O)CCC(=O)Nc1ccc2nc(-c3ccccc3)oc2c1. The lowest BCUT2D eigenvalue weighted by molar-refractivity contribution is -0.138. The van der Waals surface area contributed by atoms with E-state index in [1.54, 1.807) is 18.2 Å². The summed E-state index contributed by atoms with van der Waals surface area (Å²) in [6.07, 6.45) is -0.270. The van der Waals surface area contributed by atoms with E-state index in [0.717, 1.165) is 5.56 Å². The van der Waals surface area contributed by atoms with Crippen molar-refractivity contribution in [3.05, 3.63) is 48.5 Å². The smallest absolute Gasteiger partial charge is 0.303 e. The van der Waals surface area contributed by atoms with Crippen molar-refractivity contribution in [2.45, 2.75) is 12.8 Å². The summed E-state index contributed by atoms with van der Waals surface area (Å²) in [6, 6.07) is 14.6. The van der Waals surface area contributed by atoms with E-state index in [9.17, 15) is 9.59 Å². The van der Waals surface area contributed by atoms with Crippen LogP contribution in [0.15, 0.2) is 52.9 Å². The fraction of sp³-hybridized carbons (Fsp3) is 0.118. The van der Waals surface area contributed by atoms with Gasteiger partial charge in [0.25, 0.3) is 0 Å². The maximum atomic E-state index is 11.7. The number of nitrogens with zero attached hydrogens (tertiary/aromatic N) is 1. The Morgan fingerprint density at radius 1 is 1.09 bits per heavy atom. The van der Waals surface area contributed by atoms with Gasteiger partial charge in [-0.3, -0.25) is 9.59 Å². The summed E-state index contributed by atoms with van der Waals surface area (Å²) in [5, 5.41) is 11.2. The molecule has 3 aromatic rings. The fourth-order valence-corrected chi connectivity index (χ4v) is 2.15. The Kier molecular flexibility index (Phi) is 4.05. The average molecular weight is 310 g/mol. The molecule has 6 nitrogen and oxygen atoms in total. The number of rotatable bonds is 5. The zero-order valence-corrected chi connectivity index (χ0v) is 12.2. The van der Waals surface area contributed by atoms with E-state index in [0.29, 0.717) is 22.7 Å². The highest BCUT2D eigenvalue weighted by atomic mass is 16.4. The van der Waals surface area contributed by atoms with Gasteiger partial charge in [0, 0.05) is 23.7 Å². The van der Waals surface area contributed by atoms with Crippen molar-refractivity contribution < 1.29 is 19.1 Å². The minimum atomic E-state index is -1.00. The zero-order chi connectivity index (χ0) is 16.2. The van der Waals surface area contributed by atoms with Gasteiger partial charge in [0.15, 0.2) is 5.58 Å². The third-order valence-corrected chi connectivity index (χ3v) is 3.26. The van der Waals surface area contributed by atoms with Gasteiger partial charge >= 0.3 is 5.97 Å². The van der Waals surface area contributed by atoms with Crippen LogP contribution in [0.2, 0.25) is 0 Å². The van der Waals surface area contributed by atoms with Crippen LogP contribution in [0.1, 0.15) is 12.8 Å². The number of fused-ring (bicyclic) bond motifs is 1. The highest BCUT2D eigenvalue weighted by Gasteiger charge is 2.10. The molecule has 0 saturated heterocycles. The van der Waals surface area contributed by atoms with Crippen molar-refractivity contribution >= 4 is 28.7 Å². The molecule has 0 atom stereocenters. The summed E-state index contributed by atoms with van der Waals surface area (Å²) < 4.78 is 5.72. The molecule has 0 unspecified atom stereocenters. The lowest BCUT2D eigenvalue weighted by Crippen LogP contribution is -2.12. The highest BCUT2D eigenvalue weighted by Crippen LogP contribution is 2.26. The average Bonchev–Trinajstić information content (AvgIpc) is 2.97. The molecule has 0 saturated carbocycles. The van der Waals surface area contributed by atoms with E-state index < -0.39 is 5.97 Å². The standard InChI is InChI=1S/C17H14N2O4/c20-15(8-9-16(21)22)18-12-6-7-13-14(10-12)23-17(19-13)11-4-2-1-3-5-11/h1-7,10H,8-9H2,(H,18,20)(H,21,22). The van der Waals surface area contributed by atoms with E-state index in [4.69, 9.17) is 9.52 Å². The summed E-state index contributed by atoms with van der Waals surface area (Å²) in [6.45, 7) is 0. The molecule has 1 aromatic heterocycles. The molecule has 3 rings (SSSR count). The molecule has 23 heavy (non-hydrogen) atoms. The molecular formula is C17H14N2O4. The van der Waals surface area contributed by atoms with Crippen LogP contribution in [-0.2, 0) is 9.59 Å². The van der Waals surface area contributed by atoms with Crippen LogP contribution in [0.25, 0.3) is 22.6 Å². The maximum absolute atomic E-state index is 11.7. The number of aliphatic carboxylic acids is 1. The van der Waals surface area contributed by atoms with Gasteiger partial charge in [-0.1, -0.05) is 18.2 Å². The molecule has 0 radical (unpaired) electrons. The van der Waals surface area contributed by atoms with Gasteiger partial charge in [0.1, 0.15) is 5.52 Å². The minimum Gasteiger partial charge on any atom is -0.481 e. The van der Waals surface area contributed by atoms with Crippen molar-refractivity contribution in [3.8, 4) is 11.5 Å². The Hall–Kier alpha value is -3.15. The normalized spacial score (nSPS) is 10.6. The second kappa shape index (κ2) is 6.31. The number of carboxylic acid groups (broad SMARTS) is 1. The molecule has 0 spiro atoms. The predicted octanol–water partition coefficient (Wildman–Crippen LogP) is 3.30. The van der Waals surface area contributed by atoms with Crippen LogP contribution in [0.4, 0.5) is 5.69 Å². The number of oxazole rings is 1. The molecule has 0 bridgehead atoms. The number of nitrogens with one attached hydrogen (secondary N) is 1.